The fourth-order valence-corrected chi connectivity index (χ4v) is 3.61. The van der Waals surface area contributed by atoms with Gasteiger partial charge in [-0.25, -0.2) is 0 Å². The Hall–Kier alpha value is -2.25. The van der Waals surface area contributed by atoms with Crippen LogP contribution in [0.3, 0.4) is 0 Å². The van der Waals surface area contributed by atoms with Crippen LogP contribution < -0.4 is 4.90 Å². The zero-order valence-corrected chi connectivity index (χ0v) is 16.6. The second-order valence-corrected chi connectivity index (χ2v) is 7.67. The molecule has 0 unspecified atom stereocenters. The largest absolute Gasteiger partial charge is 0.459 e. The second-order valence-electron chi connectivity index (χ2n) is 6.79. The van der Waals surface area contributed by atoms with Crippen molar-refractivity contribution in [2.75, 3.05) is 46.0 Å². The number of amides is 2. The molecular formula is C20H26N3O3S+. The first-order valence-corrected chi connectivity index (χ1v) is 10.3. The molecule has 1 aromatic heterocycles. The van der Waals surface area contributed by atoms with E-state index >= 15 is 0 Å². The van der Waals surface area contributed by atoms with Crippen LogP contribution in [0.1, 0.15) is 16.1 Å². The lowest BCUT2D eigenvalue weighted by Gasteiger charge is -2.32. The van der Waals surface area contributed by atoms with E-state index in [9.17, 15) is 9.59 Å². The van der Waals surface area contributed by atoms with Crippen molar-refractivity contribution in [2.45, 2.75) is 11.4 Å². The molecule has 1 N–H and O–H groups in total. The van der Waals surface area contributed by atoms with Gasteiger partial charge in [0.2, 0.25) is 0 Å². The standard InChI is InChI=1S/C20H25N3O3S/c1-21(14-16-5-7-17(27-2)8-6-16)19(24)15-22-9-11-23(12-10-22)20(25)18-4-3-13-26-18/h3-8,13H,9-12,14-15H2,1-2H3/p+1. The van der Waals surface area contributed by atoms with Crippen molar-refractivity contribution in [2.24, 2.45) is 0 Å². The quantitative estimate of drug-likeness (QED) is 0.750. The number of hydrogen-bond acceptors (Lipinski definition) is 4. The first-order chi connectivity index (χ1) is 13.1. The van der Waals surface area contributed by atoms with Gasteiger partial charge in [0.15, 0.2) is 12.3 Å². The Labute approximate surface area is 164 Å². The van der Waals surface area contributed by atoms with Crippen molar-refractivity contribution in [3.63, 3.8) is 0 Å². The molecule has 1 aliphatic rings. The minimum absolute atomic E-state index is 0.0730. The predicted molar refractivity (Wildman–Crippen MR) is 105 cm³/mol. The average molecular weight is 389 g/mol. The van der Waals surface area contributed by atoms with E-state index in [1.165, 1.54) is 16.1 Å². The highest BCUT2D eigenvalue weighted by atomic mass is 32.2. The molecule has 1 aromatic carbocycles. The van der Waals surface area contributed by atoms with Crippen molar-refractivity contribution in [1.82, 2.24) is 9.80 Å². The van der Waals surface area contributed by atoms with Crippen molar-refractivity contribution in [1.29, 1.82) is 0 Å². The Morgan fingerprint density at radius 1 is 1.19 bits per heavy atom. The highest BCUT2D eigenvalue weighted by Crippen LogP contribution is 2.15. The van der Waals surface area contributed by atoms with Gasteiger partial charge in [0.05, 0.1) is 32.4 Å². The molecule has 0 saturated carbocycles. The van der Waals surface area contributed by atoms with Gasteiger partial charge in [-0.2, -0.15) is 0 Å². The molecular weight excluding hydrogens is 362 g/mol. The molecule has 0 spiro atoms. The summed E-state index contributed by atoms with van der Waals surface area (Å²) in [5.41, 5.74) is 1.13. The number of thioether (sulfide) groups is 1. The minimum atomic E-state index is -0.0730. The third-order valence-electron chi connectivity index (χ3n) is 4.90. The van der Waals surface area contributed by atoms with Gasteiger partial charge in [0.25, 0.3) is 11.8 Å². The van der Waals surface area contributed by atoms with E-state index in [2.05, 4.69) is 30.5 Å². The van der Waals surface area contributed by atoms with E-state index in [4.69, 9.17) is 4.42 Å². The monoisotopic (exact) mass is 388 g/mol. The van der Waals surface area contributed by atoms with Crippen molar-refractivity contribution >= 4 is 23.6 Å². The van der Waals surface area contributed by atoms with Crippen LogP contribution in [0.4, 0.5) is 0 Å². The molecule has 27 heavy (non-hydrogen) atoms. The summed E-state index contributed by atoms with van der Waals surface area (Å²) in [6.45, 7) is 3.90. The van der Waals surface area contributed by atoms with Crippen molar-refractivity contribution in [3.8, 4) is 0 Å². The molecule has 3 rings (SSSR count). The van der Waals surface area contributed by atoms with Crippen LogP contribution in [-0.2, 0) is 11.3 Å². The smallest absolute Gasteiger partial charge is 0.289 e. The van der Waals surface area contributed by atoms with Crippen LogP contribution >= 0.6 is 11.8 Å². The molecule has 1 saturated heterocycles. The molecule has 144 valence electrons. The zero-order chi connectivity index (χ0) is 19.2. The molecule has 2 aromatic rings. The Morgan fingerprint density at radius 2 is 1.89 bits per heavy atom. The number of carbonyl (C=O) groups is 2. The van der Waals surface area contributed by atoms with E-state index in [0.717, 1.165) is 18.7 Å². The average Bonchev–Trinajstić information content (AvgIpc) is 3.23. The summed E-state index contributed by atoms with van der Waals surface area (Å²) in [6.07, 6.45) is 3.56. The van der Waals surface area contributed by atoms with Crippen LogP contribution in [0, 0.1) is 0 Å². The number of piperazine rings is 1. The first kappa shape index (κ1) is 19.5. The van der Waals surface area contributed by atoms with Gasteiger partial charge in [-0.3, -0.25) is 9.59 Å². The maximum atomic E-state index is 12.5. The molecule has 2 amide bonds. The molecule has 7 heteroatoms. The molecule has 6 nitrogen and oxygen atoms in total. The summed E-state index contributed by atoms with van der Waals surface area (Å²) < 4.78 is 5.18. The Bertz CT molecular complexity index is 753. The van der Waals surface area contributed by atoms with Gasteiger partial charge < -0.3 is 19.1 Å². The molecule has 1 aliphatic heterocycles. The number of hydrogen-bond donors (Lipinski definition) is 1. The topological polar surface area (TPSA) is 58.2 Å². The maximum absolute atomic E-state index is 12.5. The lowest BCUT2D eigenvalue weighted by Crippen LogP contribution is -3.15. The number of carbonyl (C=O) groups excluding carboxylic acids is 2. The van der Waals surface area contributed by atoms with E-state index in [1.54, 1.807) is 33.7 Å². The van der Waals surface area contributed by atoms with Gasteiger partial charge in [-0.1, -0.05) is 12.1 Å². The second kappa shape index (κ2) is 9.10. The third kappa shape index (κ3) is 5.14. The lowest BCUT2D eigenvalue weighted by atomic mass is 10.2. The number of rotatable bonds is 6. The molecule has 2 heterocycles. The van der Waals surface area contributed by atoms with Gasteiger partial charge in [0.1, 0.15) is 0 Å². The van der Waals surface area contributed by atoms with Crippen LogP contribution in [0.15, 0.2) is 52.0 Å². The van der Waals surface area contributed by atoms with Crippen LogP contribution in [0.25, 0.3) is 0 Å². The van der Waals surface area contributed by atoms with Gasteiger partial charge in [-0.05, 0) is 36.1 Å². The number of benzene rings is 1. The normalized spacial score (nSPS) is 15.0. The molecule has 1 fully saturated rings. The molecule has 0 aliphatic carbocycles. The Kier molecular flexibility index (Phi) is 6.58. The third-order valence-corrected chi connectivity index (χ3v) is 5.64. The SMILES string of the molecule is CSc1ccc(CN(C)C(=O)C[NH+]2CCN(C(=O)c3ccco3)CC2)cc1. The van der Waals surface area contributed by atoms with E-state index in [-0.39, 0.29) is 11.8 Å². The molecule has 0 radical (unpaired) electrons. The van der Waals surface area contributed by atoms with Crippen molar-refractivity contribution in [3.05, 3.63) is 54.0 Å². The van der Waals surface area contributed by atoms with Gasteiger partial charge in [0, 0.05) is 18.5 Å². The first-order valence-electron chi connectivity index (χ1n) is 9.10. The number of furan rings is 1. The van der Waals surface area contributed by atoms with Crippen LogP contribution in [0.2, 0.25) is 0 Å². The van der Waals surface area contributed by atoms with E-state index in [0.29, 0.717) is 31.9 Å². The van der Waals surface area contributed by atoms with Crippen LogP contribution in [-0.4, -0.2) is 67.6 Å². The van der Waals surface area contributed by atoms with Gasteiger partial charge >= 0.3 is 0 Å². The Balaban J connectivity index is 1.45. The fourth-order valence-electron chi connectivity index (χ4n) is 3.20. The summed E-state index contributed by atoms with van der Waals surface area (Å²) in [7, 11) is 1.85. The predicted octanol–water partition coefficient (Wildman–Crippen LogP) is 1.00. The summed E-state index contributed by atoms with van der Waals surface area (Å²) in [4.78, 5) is 30.9. The number of nitrogens with one attached hydrogen (secondary N) is 1. The summed E-state index contributed by atoms with van der Waals surface area (Å²) in [6, 6.07) is 11.7. The van der Waals surface area contributed by atoms with E-state index < -0.39 is 0 Å². The van der Waals surface area contributed by atoms with Crippen molar-refractivity contribution < 1.29 is 18.9 Å². The molecule has 0 bridgehead atoms. The molecule has 0 atom stereocenters. The summed E-state index contributed by atoms with van der Waals surface area (Å²) >= 11 is 1.71. The highest BCUT2D eigenvalue weighted by Gasteiger charge is 2.27. The number of quaternary nitrogens is 1. The summed E-state index contributed by atoms with van der Waals surface area (Å²) in [5, 5.41) is 0. The zero-order valence-electron chi connectivity index (χ0n) is 15.8. The Morgan fingerprint density at radius 3 is 2.48 bits per heavy atom. The maximum Gasteiger partial charge on any atom is 0.289 e. The van der Waals surface area contributed by atoms with Crippen LogP contribution in [0.5, 0.6) is 0 Å². The number of likely N-dealkylation sites (N-methyl/N-ethyl adjacent to an activating group) is 1. The summed E-state index contributed by atoms with van der Waals surface area (Å²) in [5.74, 6) is 0.433. The highest BCUT2D eigenvalue weighted by molar-refractivity contribution is 7.98. The number of nitrogens with zero attached hydrogens (tertiary/aromatic N) is 2. The fraction of sp³-hybridized carbons (Fsp3) is 0.400. The van der Waals surface area contributed by atoms with Gasteiger partial charge in [-0.15, -0.1) is 11.8 Å². The minimum Gasteiger partial charge on any atom is -0.459 e. The van der Waals surface area contributed by atoms with E-state index in [1.807, 2.05) is 7.05 Å². The lowest BCUT2D eigenvalue weighted by molar-refractivity contribution is -0.896.